The monoisotopic (exact) mass is 316 g/mol. The SMILES string of the molecule is COc1ccc([C@H]2[C@@H]3CCC=C3[C@@H](C#N)C(=N)C2(C#N)C#N)cc1. The fraction of sp³-hybridized carbons (Fsp3) is 0.368. The van der Waals surface area contributed by atoms with E-state index in [4.69, 9.17) is 10.1 Å². The number of rotatable bonds is 2. The Morgan fingerprint density at radius 1 is 1.17 bits per heavy atom. The van der Waals surface area contributed by atoms with Gasteiger partial charge in [-0.2, -0.15) is 15.8 Å². The molecule has 0 aromatic heterocycles. The summed E-state index contributed by atoms with van der Waals surface area (Å²) in [4.78, 5) is 0. The zero-order valence-corrected chi connectivity index (χ0v) is 13.3. The number of nitriles is 3. The number of allylic oxidation sites excluding steroid dienone is 2. The summed E-state index contributed by atoms with van der Waals surface area (Å²) in [6.07, 6.45) is 3.61. The van der Waals surface area contributed by atoms with Crippen molar-refractivity contribution in [3.05, 3.63) is 41.5 Å². The molecule has 0 unspecified atom stereocenters. The summed E-state index contributed by atoms with van der Waals surface area (Å²) in [5, 5.41) is 37.5. The third kappa shape index (κ3) is 2.01. The molecule has 0 heterocycles. The van der Waals surface area contributed by atoms with Crippen molar-refractivity contribution >= 4 is 5.71 Å². The Morgan fingerprint density at radius 3 is 2.38 bits per heavy atom. The first-order valence-electron chi connectivity index (χ1n) is 7.78. The van der Waals surface area contributed by atoms with Crippen LogP contribution in [0.5, 0.6) is 5.75 Å². The molecule has 1 aromatic carbocycles. The van der Waals surface area contributed by atoms with E-state index in [0.717, 1.165) is 24.0 Å². The summed E-state index contributed by atoms with van der Waals surface area (Å²) in [5.41, 5.74) is 0.0175. The maximum absolute atomic E-state index is 9.81. The zero-order valence-electron chi connectivity index (χ0n) is 13.3. The molecule has 24 heavy (non-hydrogen) atoms. The van der Waals surface area contributed by atoms with Gasteiger partial charge in [-0.25, -0.2) is 0 Å². The number of fused-ring (bicyclic) bond motifs is 1. The highest BCUT2D eigenvalue weighted by molar-refractivity contribution is 6.00. The van der Waals surface area contributed by atoms with E-state index >= 15 is 0 Å². The van der Waals surface area contributed by atoms with Crippen LogP contribution in [0.1, 0.15) is 24.3 Å². The van der Waals surface area contributed by atoms with E-state index in [2.05, 4.69) is 18.2 Å². The average Bonchev–Trinajstić information content (AvgIpc) is 3.09. The molecule has 1 aromatic rings. The molecule has 0 bridgehead atoms. The molecule has 3 atom stereocenters. The van der Waals surface area contributed by atoms with Crippen molar-refractivity contribution in [2.75, 3.05) is 7.11 Å². The molecule has 118 valence electrons. The summed E-state index contributed by atoms with van der Waals surface area (Å²) < 4.78 is 5.18. The number of hydrogen-bond donors (Lipinski definition) is 1. The third-order valence-corrected chi connectivity index (χ3v) is 5.16. The Hall–Kier alpha value is -3.10. The predicted octanol–water partition coefficient (Wildman–Crippen LogP) is 3.32. The van der Waals surface area contributed by atoms with Gasteiger partial charge in [-0.15, -0.1) is 0 Å². The summed E-state index contributed by atoms with van der Waals surface area (Å²) in [7, 11) is 1.58. The summed E-state index contributed by atoms with van der Waals surface area (Å²) >= 11 is 0. The number of nitrogens with zero attached hydrogens (tertiary/aromatic N) is 3. The molecule has 3 rings (SSSR count). The van der Waals surface area contributed by atoms with Crippen molar-refractivity contribution in [2.24, 2.45) is 17.3 Å². The molecule has 0 saturated heterocycles. The number of ether oxygens (including phenoxy) is 1. The standard InChI is InChI=1S/C19H16N4O/c1-24-13-7-5-12(6-8-13)17-15-4-2-3-14(15)16(9-20)18(23)19(17,10-21)11-22/h3,5-8,15-17,23H,2,4H2,1H3/t15-,16-,17+/m1/s1. The van der Waals surface area contributed by atoms with E-state index in [0.29, 0.717) is 5.75 Å². The molecule has 2 aliphatic carbocycles. The lowest BCUT2D eigenvalue weighted by Crippen LogP contribution is -2.47. The average molecular weight is 316 g/mol. The van der Waals surface area contributed by atoms with Gasteiger partial charge in [-0.1, -0.05) is 18.2 Å². The van der Waals surface area contributed by atoms with Gasteiger partial charge in [0.15, 0.2) is 5.41 Å². The third-order valence-electron chi connectivity index (χ3n) is 5.16. The van der Waals surface area contributed by atoms with Crippen LogP contribution in [-0.2, 0) is 0 Å². The molecular weight excluding hydrogens is 300 g/mol. The van der Waals surface area contributed by atoms with Crippen molar-refractivity contribution in [1.29, 1.82) is 21.2 Å². The van der Waals surface area contributed by atoms with Gasteiger partial charge >= 0.3 is 0 Å². The van der Waals surface area contributed by atoms with Crippen LogP contribution in [0.4, 0.5) is 0 Å². The first-order valence-corrected chi connectivity index (χ1v) is 7.78. The van der Waals surface area contributed by atoms with Crippen molar-refractivity contribution in [1.82, 2.24) is 0 Å². The molecule has 0 aliphatic heterocycles. The number of hydrogen-bond acceptors (Lipinski definition) is 5. The lowest BCUT2D eigenvalue weighted by molar-refractivity contribution is 0.354. The fourth-order valence-electron chi connectivity index (χ4n) is 4.02. The minimum Gasteiger partial charge on any atom is -0.497 e. The quantitative estimate of drug-likeness (QED) is 0.845. The Bertz CT molecular complexity index is 818. The number of benzene rings is 1. The highest BCUT2D eigenvalue weighted by atomic mass is 16.5. The first-order chi connectivity index (χ1) is 11.6. The van der Waals surface area contributed by atoms with Crippen LogP contribution in [0.15, 0.2) is 35.9 Å². The van der Waals surface area contributed by atoms with Crippen LogP contribution in [0.2, 0.25) is 0 Å². The van der Waals surface area contributed by atoms with Gasteiger partial charge in [0.05, 0.1) is 31.0 Å². The van der Waals surface area contributed by atoms with E-state index in [-0.39, 0.29) is 11.6 Å². The minimum atomic E-state index is -1.61. The van der Waals surface area contributed by atoms with E-state index < -0.39 is 17.3 Å². The Kier molecular flexibility index (Phi) is 3.84. The van der Waals surface area contributed by atoms with Crippen LogP contribution in [0.3, 0.4) is 0 Å². The molecule has 0 radical (unpaired) electrons. The minimum absolute atomic E-state index is 0.0588. The highest BCUT2D eigenvalue weighted by Crippen LogP contribution is 2.55. The summed E-state index contributed by atoms with van der Waals surface area (Å²) in [6.45, 7) is 0. The zero-order chi connectivity index (χ0) is 17.3. The van der Waals surface area contributed by atoms with E-state index in [1.54, 1.807) is 19.2 Å². The number of nitrogens with one attached hydrogen (secondary N) is 1. The second kappa shape index (κ2) is 5.84. The van der Waals surface area contributed by atoms with Crippen LogP contribution in [0, 0.1) is 56.7 Å². The molecular formula is C19H16N4O. The van der Waals surface area contributed by atoms with Crippen LogP contribution < -0.4 is 4.74 Å². The molecule has 1 fully saturated rings. The summed E-state index contributed by atoms with van der Waals surface area (Å²) in [5.74, 6) is -0.576. The lowest BCUT2D eigenvalue weighted by Gasteiger charge is -2.42. The molecule has 5 nitrogen and oxygen atoms in total. The van der Waals surface area contributed by atoms with Gasteiger partial charge in [0.25, 0.3) is 0 Å². The second-order valence-corrected chi connectivity index (χ2v) is 6.15. The highest BCUT2D eigenvalue weighted by Gasteiger charge is 2.57. The van der Waals surface area contributed by atoms with Gasteiger partial charge in [0.1, 0.15) is 11.7 Å². The van der Waals surface area contributed by atoms with Crippen molar-refractivity contribution < 1.29 is 4.74 Å². The first kappa shape index (κ1) is 15.8. The van der Waals surface area contributed by atoms with Gasteiger partial charge in [0, 0.05) is 5.92 Å². The molecule has 5 heteroatoms. The normalized spacial score (nSPS) is 27.2. The van der Waals surface area contributed by atoms with E-state index in [1.807, 2.05) is 18.2 Å². The maximum atomic E-state index is 9.81. The Labute approximate surface area is 140 Å². The topological polar surface area (TPSA) is 104 Å². The van der Waals surface area contributed by atoms with Gasteiger partial charge in [0.2, 0.25) is 0 Å². The van der Waals surface area contributed by atoms with Gasteiger partial charge < -0.3 is 10.1 Å². The van der Waals surface area contributed by atoms with E-state index in [1.165, 1.54) is 0 Å². The maximum Gasteiger partial charge on any atom is 0.189 e. The van der Waals surface area contributed by atoms with Crippen molar-refractivity contribution in [2.45, 2.75) is 18.8 Å². The fourth-order valence-corrected chi connectivity index (χ4v) is 4.02. The largest absolute Gasteiger partial charge is 0.497 e. The smallest absolute Gasteiger partial charge is 0.189 e. The molecule has 0 amide bonds. The van der Waals surface area contributed by atoms with Crippen LogP contribution in [-0.4, -0.2) is 12.8 Å². The van der Waals surface area contributed by atoms with E-state index in [9.17, 15) is 15.8 Å². The van der Waals surface area contributed by atoms with Crippen molar-refractivity contribution in [3.63, 3.8) is 0 Å². The molecule has 2 aliphatic rings. The molecule has 1 saturated carbocycles. The van der Waals surface area contributed by atoms with Crippen LogP contribution in [0.25, 0.3) is 0 Å². The summed E-state index contributed by atoms with van der Waals surface area (Å²) in [6, 6.07) is 13.6. The molecule has 1 N–H and O–H groups in total. The number of methoxy groups -OCH3 is 1. The predicted molar refractivity (Wildman–Crippen MR) is 87.0 cm³/mol. The Balaban J connectivity index is 2.19. The lowest BCUT2D eigenvalue weighted by atomic mass is 9.55. The Morgan fingerprint density at radius 2 is 1.83 bits per heavy atom. The van der Waals surface area contributed by atoms with Gasteiger partial charge in [-0.05, 0) is 42.0 Å². The van der Waals surface area contributed by atoms with Crippen LogP contribution >= 0.6 is 0 Å². The van der Waals surface area contributed by atoms with Crippen molar-refractivity contribution in [3.8, 4) is 24.0 Å². The van der Waals surface area contributed by atoms with Gasteiger partial charge in [-0.3, -0.25) is 0 Å². The molecule has 0 spiro atoms. The second-order valence-electron chi connectivity index (χ2n) is 6.15.